The topological polar surface area (TPSA) is 69.0 Å². The third-order valence-corrected chi connectivity index (χ3v) is 6.36. The molecule has 0 saturated heterocycles. The SMILES string of the molecule is C=CCn1c(SCc2ccccc2C(=O)NCc2ccc(F)cc2)nnc1-c1cccc(OC)c1. The maximum Gasteiger partial charge on any atom is 0.251 e. The van der Waals surface area contributed by atoms with E-state index in [4.69, 9.17) is 4.74 Å². The molecule has 1 aromatic heterocycles. The van der Waals surface area contributed by atoms with Crippen molar-refractivity contribution < 1.29 is 13.9 Å². The number of halogens is 1. The fraction of sp³-hybridized carbons (Fsp3) is 0.148. The van der Waals surface area contributed by atoms with Crippen molar-refractivity contribution >= 4 is 17.7 Å². The number of allylic oxidation sites excluding steroid dienone is 1. The van der Waals surface area contributed by atoms with E-state index in [1.165, 1.54) is 23.9 Å². The summed E-state index contributed by atoms with van der Waals surface area (Å²) in [7, 11) is 1.63. The van der Waals surface area contributed by atoms with E-state index >= 15 is 0 Å². The van der Waals surface area contributed by atoms with E-state index in [-0.39, 0.29) is 11.7 Å². The van der Waals surface area contributed by atoms with Crippen molar-refractivity contribution in [1.82, 2.24) is 20.1 Å². The Morgan fingerprint density at radius 3 is 2.69 bits per heavy atom. The maximum atomic E-state index is 13.1. The number of benzene rings is 3. The highest BCUT2D eigenvalue weighted by Crippen LogP contribution is 2.29. The molecule has 0 aliphatic heterocycles. The molecule has 178 valence electrons. The van der Waals surface area contributed by atoms with Crippen LogP contribution in [0.1, 0.15) is 21.5 Å². The second-order valence-corrected chi connectivity index (χ2v) is 8.63. The van der Waals surface area contributed by atoms with E-state index in [0.29, 0.717) is 24.4 Å². The summed E-state index contributed by atoms with van der Waals surface area (Å²) in [6, 6.07) is 21.2. The zero-order valence-electron chi connectivity index (χ0n) is 19.3. The zero-order valence-corrected chi connectivity index (χ0v) is 20.1. The van der Waals surface area contributed by atoms with Gasteiger partial charge in [-0.25, -0.2) is 4.39 Å². The van der Waals surface area contributed by atoms with Gasteiger partial charge in [-0.15, -0.1) is 16.8 Å². The van der Waals surface area contributed by atoms with Crippen LogP contribution in [0.4, 0.5) is 4.39 Å². The van der Waals surface area contributed by atoms with Gasteiger partial charge in [-0.3, -0.25) is 9.36 Å². The molecule has 0 aliphatic carbocycles. The van der Waals surface area contributed by atoms with Crippen LogP contribution in [-0.4, -0.2) is 27.8 Å². The van der Waals surface area contributed by atoms with Crippen molar-refractivity contribution in [3.05, 3.63) is 108 Å². The van der Waals surface area contributed by atoms with Gasteiger partial charge >= 0.3 is 0 Å². The molecule has 4 rings (SSSR count). The average molecular weight is 489 g/mol. The molecule has 6 nitrogen and oxygen atoms in total. The van der Waals surface area contributed by atoms with Crippen molar-refractivity contribution in [3.8, 4) is 17.1 Å². The molecule has 1 N–H and O–H groups in total. The number of carbonyl (C=O) groups excluding carboxylic acids is 1. The third-order valence-electron chi connectivity index (χ3n) is 5.34. The van der Waals surface area contributed by atoms with Gasteiger partial charge in [0, 0.05) is 30.0 Å². The first-order valence-electron chi connectivity index (χ1n) is 11.0. The maximum absolute atomic E-state index is 13.1. The molecule has 0 fully saturated rings. The van der Waals surface area contributed by atoms with E-state index in [1.54, 1.807) is 31.4 Å². The Balaban J connectivity index is 1.50. The number of nitrogens with zero attached hydrogens (tertiary/aromatic N) is 3. The number of hydrogen-bond acceptors (Lipinski definition) is 5. The van der Waals surface area contributed by atoms with Crippen molar-refractivity contribution in [2.75, 3.05) is 7.11 Å². The standard InChI is InChI=1S/C27H25FN4O2S/c1-3-15-32-25(20-8-6-9-23(16-20)34-2)30-31-27(32)35-18-21-7-4-5-10-24(21)26(33)29-17-19-11-13-22(28)14-12-19/h3-14,16H,1,15,17-18H2,2H3,(H,29,33). The average Bonchev–Trinajstić information content (AvgIpc) is 3.29. The first kappa shape index (κ1) is 24.2. The highest BCUT2D eigenvalue weighted by molar-refractivity contribution is 7.98. The zero-order chi connectivity index (χ0) is 24.6. The Labute approximate surface area is 207 Å². The minimum absolute atomic E-state index is 0.185. The second kappa shape index (κ2) is 11.5. The Kier molecular flexibility index (Phi) is 7.95. The van der Waals surface area contributed by atoms with Gasteiger partial charge in [-0.2, -0.15) is 0 Å². The van der Waals surface area contributed by atoms with Gasteiger partial charge in [0.2, 0.25) is 0 Å². The minimum atomic E-state index is -0.304. The van der Waals surface area contributed by atoms with Gasteiger partial charge in [0.25, 0.3) is 5.91 Å². The highest BCUT2D eigenvalue weighted by Gasteiger charge is 2.16. The first-order chi connectivity index (χ1) is 17.1. The number of methoxy groups -OCH3 is 1. The van der Waals surface area contributed by atoms with Crippen molar-refractivity contribution in [3.63, 3.8) is 0 Å². The summed E-state index contributed by atoms with van der Waals surface area (Å²) < 4.78 is 20.5. The Hall–Kier alpha value is -3.91. The first-order valence-corrected chi connectivity index (χ1v) is 12.0. The molecule has 0 aliphatic rings. The molecule has 0 atom stereocenters. The van der Waals surface area contributed by atoms with E-state index in [0.717, 1.165) is 33.4 Å². The van der Waals surface area contributed by atoms with Gasteiger partial charge in [0.05, 0.1) is 7.11 Å². The Morgan fingerprint density at radius 1 is 1.11 bits per heavy atom. The monoisotopic (exact) mass is 488 g/mol. The lowest BCUT2D eigenvalue weighted by Gasteiger charge is -2.11. The summed E-state index contributed by atoms with van der Waals surface area (Å²) in [6.07, 6.45) is 1.80. The summed E-state index contributed by atoms with van der Waals surface area (Å²) in [6.45, 7) is 4.73. The number of nitrogens with one attached hydrogen (secondary N) is 1. The Bertz CT molecular complexity index is 1320. The van der Waals surface area contributed by atoms with Crippen LogP contribution in [0.2, 0.25) is 0 Å². The summed E-state index contributed by atoms with van der Waals surface area (Å²) in [5.74, 6) is 1.51. The van der Waals surface area contributed by atoms with Crippen LogP contribution < -0.4 is 10.1 Å². The Morgan fingerprint density at radius 2 is 1.91 bits per heavy atom. The van der Waals surface area contributed by atoms with Gasteiger partial charge in [-0.1, -0.05) is 60.3 Å². The molecule has 35 heavy (non-hydrogen) atoms. The number of thioether (sulfide) groups is 1. The largest absolute Gasteiger partial charge is 0.497 e. The molecule has 0 spiro atoms. The minimum Gasteiger partial charge on any atom is -0.497 e. The predicted octanol–water partition coefficient (Wildman–Crippen LogP) is 5.50. The van der Waals surface area contributed by atoms with Crippen molar-refractivity contribution in [1.29, 1.82) is 0 Å². The third kappa shape index (κ3) is 5.96. The normalized spacial score (nSPS) is 10.7. The molecule has 0 unspecified atom stereocenters. The molecule has 3 aromatic carbocycles. The number of carbonyl (C=O) groups is 1. The summed E-state index contributed by atoms with van der Waals surface area (Å²) >= 11 is 1.50. The lowest BCUT2D eigenvalue weighted by molar-refractivity contribution is 0.0950. The fourth-order valence-electron chi connectivity index (χ4n) is 3.55. The van der Waals surface area contributed by atoms with Crippen molar-refractivity contribution in [2.45, 2.75) is 24.0 Å². The van der Waals surface area contributed by atoms with Crippen LogP contribution in [0.25, 0.3) is 11.4 Å². The molecule has 4 aromatic rings. The van der Waals surface area contributed by atoms with Crippen LogP contribution in [0.15, 0.2) is 90.6 Å². The van der Waals surface area contributed by atoms with Crippen molar-refractivity contribution in [2.24, 2.45) is 0 Å². The number of hydrogen-bond donors (Lipinski definition) is 1. The highest BCUT2D eigenvalue weighted by atomic mass is 32.2. The van der Waals surface area contributed by atoms with E-state index in [9.17, 15) is 9.18 Å². The van der Waals surface area contributed by atoms with Crippen LogP contribution in [0, 0.1) is 5.82 Å². The lowest BCUT2D eigenvalue weighted by atomic mass is 10.1. The van der Waals surface area contributed by atoms with Gasteiger partial charge in [0.1, 0.15) is 11.6 Å². The molecule has 0 bridgehead atoms. The molecule has 1 heterocycles. The molecule has 0 saturated carbocycles. The summed E-state index contributed by atoms with van der Waals surface area (Å²) in [5.41, 5.74) is 3.19. The van der Waals surface area contributed by atoms with Crippen LogP contribution in [0.5, 0.6) is 5.75 Å². The predicted molar refractivity (Wildman–Crippen MR) is 136 cm³/mol. The van der Waals surface area contributed by atoms with Crippen LogP contribution in [-0.2, 0) is 18.8 Å². The van der Waals surface area contributed by atoms with Gasteiger partial charge < -0.3 is 10.1 Å². The fourth-order valence-corrected chi connectivity index (χ4v) is 4.51. The molecule has 1 amide bonds. The van der Waals surface area contributed by atoms with Crippen LogP contribution in [0.3, 0.4) is 0 Å². The number of ether oxygens (including phenoxy) is 1. The second-order valence-electron chi connectivity index (χ2n) is 7.69. The summed E-state index contributed by atoms with van der Waals surface area (Å²) in [5, 5.41) is 12.4. The quantitative estimate of drug-likeness (QED) is 0.236. The number of aromatic nitrogens is 3. The molecule has 0 radical (unpaired) electrons. The summed E-state index contributed by atoms with van der Waals surface area (Å²) in [4.78, 5) is 12.9. The van der Waals surface area contributed by atoms with Gasteiger partial charge in [0.15, 0.2) is 11.0 Å². The number of amides is 1. The smallest absolute Gasteiger partial charge is 0.251 e. The van der Waals surface area contributed by atoms with Gasteiger partial charge in [-0.05, 0) is 41.5 Å². The molecular weight excluding hydrogens is 463 g/mol. The molecular formula is C27H25FN4O2S. The van der Waals surface area contributed by atoms with Crippen LogP contribution >= 0.6 is 11.8 Å². The number of rotatable bonds is 10. The van der Waals surface area contributed by atoms with E-state index in [1.807, 2.05) is 47.0 Å². The van der Waals surface area contributed by atoms with E-state index in [2.05, 4.69) is 22.1 Å². The molecule has 8 heteroatoms. The lowest BCUT2D eigenvalue weighted by Crippen LogP contribution is -2.23. The van der Waals surface area contributed by atoms with E-state index < -0.39 is 0 Å².